The molecule has 0 unspecified atom stereocenters. The van der Waals surface area contributed by atoms with E-state index in [1.54, 1.807) is 0 Å². The molecule has 0 radical (unpaired) electrons. The second-order valence-corrected chi connectivity index (χ2v) is 4.54. The minimum atomic E-state index is -0.134. The van der Waals surface area contributed by atoms with Crippen LogP contribution in [0.4, 0.5) is 0 Å². The fourth-order valence-corrected chi connectivity index (χ4v) is 1.25. The maximum absolute atomic E-state index is 4.99. The van der Waals surface area contributed by atoms with Crippen LogP contribution < -0.4 is 0 Å². The van der Waals surface area contributed by atoms with Gasteiger partial charge in [0.25, 0.3) is 0 Å². The van der Waals surface area contributed by atoms with E-state index in [4.69, 9.17) is 6.42 Å². The molecule has 0 saturated heterocycles. The summed E-state index contributed by atoms with van der Waals surface area (Å²) < 4.78 is 0. The average molecular weight is 110 g/mol. The van der Waals surface area contributed by atoms with E-state index in [0.717, 1.165) is 8.48 Å². The molecule has 0 bridgehead atoms. The van der Waals surface area contributed by atoms with Crippen molar-refractivity contribution in [1.29, 1.82) is 0 Å². The zero-order valence-electron chi connectivity index (χ0n) is 3.78. The van der Waals surface area contributed by atoms with E-state index in [1.807, 2.05) is 6.92 Å². The van der Waals surface area contributed by atoms with Crippen molar-refractivity contribution in [2.45, 2.75) is 6.92 Å². The fourth-order valence-electron chi connectivity index (χ4n) is 0.139. The van der Waals surface area contributed by atoms with Crippen molar-refractivity contribution in [3.8, 4) is 17.5 Å². The molecule has 0 nitrogen and oxygen atoms in total. The molecule has 0 spiro atoms. The van der Waals surface area contributed by atoms with Crippen LogP contribution in [0.15, 0.2) is 0 Å². The highest BCUT2D eigenvalue weighted by Gasteiger charge is 1.58. The maximum atomic E-state index is 4.99. The molecule has 0 aromatic carbocycles. The molecule has 0 aromatic rings. The van der Waals surface area contributed by atoms with E-state index in [1.165, 1.54) is 0 Å². The molecule has 0 aliphatic rings. The van der Waals surface area contributed by atoms with Gasteiger partial charge < -0.3 is 0 Å². The highest BCUT2D eigenvalue weighted by molar-refractivity contribution is 6.99. The van der Waals surface area contributed by atoms with Gasteiger partial charge in [-0.25, -0.2) is 0 Å². The fraction of sp³-hybridized carbons (Fsp3) is 0.250. The van der Waals surface area contributed by atoms with Gasteiger partial charge in [-0.3, -0.25) is 0 Å². The topological polar surface area (TPSA) is 0 Å². The van der Waals surface area contributed by atoms with Gasteiger partial charge in [0.05, 0.1) is 0 Å². The van der Waals surface area contributed by atoms with Crippen molar-refractivity contribution in [3.63, 3.8) is 0 Å². The van der Waals surface area contributed by atoms with Crippen LogP contribution in [0.25, 0.3) is 0 Å². The zero-order chi connectivity index (χ0) is 4.83. The Morgan fingerprint density at radius 3 is 2.67 bits per heavy atom. The Bertz CT molecular complexity index is 110. The van der Waals surface area contributed by atoms with Gasteiger partial charge in [-0.05, 0) is 15.4 Å². The van der Waals surface area contributed by atoms with Gasteiger partial charge >= 0.3 is 0 Å². The van der Waals surface area contributed by atoms with Crippen LogP contribution in [0.3, 0.4) is 0 Å². The number of hydrogen-bond acceptors (Lipinski definition) is 0. The molecular weight excluding hydrogens is 104 g/mol. The average Bonchev–Trinajstić information content (AvgIpc) is 1.61. The summed E-state index contributed by atoms with van der Waals surface area (Å²) in [6.45, 7) is 1.93. The third-order valence-electron chi connectivity index (χ3n) is 0.367. The van der Waals surface area contributed by atoms with Crippen molar-refractivity contribution in [3.05, 3.63) is 0 Å². The van der Waals surface area contributed by atoms with Crippen molar-refractivity contribution in [1.82, 2.24) is 0 Å². The van der Waals surface area contributed by atoms with E-state index in [2.05, 4.69) is 11.0 Å². The minimum Gasteiger partial charge on any atom is -0.149 e. The first-order chi connectivity index (χ1) is 2.91. The van der Waals surface area contributed by atoms with Gasteiger partial charge in [-0.2, -0.15) is 0 Å². The summed E-state index contributed by atoms with van der Waals surface area (Å²) in [7, 11) is 0.734. The lowest BCUT2D eigenvalue weighted by Crippen LogP contribution is -1.83. The van der Waals surface area contributed by atoms with Crippen LogP contribution in [0.5, 0.6) is 0 Å². The van der Waals surface area contributed by atoms with E-state index in [0.29, 0.717) is 0 Å². The minimum absolute atomic E-state index is 0.134. The summed E-state index contributed by atoms with van der Waals surface area (Å²) in [6.07, 6.45) is 4.99. The van der Waals surface area contributed by atoms with Crippen molar-refractivity contribution < 1.29 is 0 Å². The quantitative estimate of drug-likeness (QED) is 0.287. The third-order valence-corrected chi connectivity index (χ3v) is 3.31. The summed E-state index contributed by atoms with van der Waals surface area (Å²) in [6, 6.07) is 0. The Hall–Kier alpha value is -0.226. The van der Waals surface area contributed by atoms with Crippen LogP contribution in [0.1, 0.15) is 6.92 Å². The lowest BCUT2D eigenvalue weighted by molar-refractivity contribution is 1.96. The van der Waals surface area contributed by atoms with Crippen molar-refractivity contribution in [2.24, 2.45) is 0 Å². The van der Waals surface area contributed by atoms with Crippen LogP contribution in [0.2, 0.25) is 0 Å². The Kier molecular flexibility index (Phi) is 4.59. The molecule has 0 aliphatic heterocycles. The molecule has 0 rings (SSSR count). The standard InChI is InChI=1S/C4H6Si2/c1-3-5-6-4-2/h1H,5H2,2H3. The molecule has 0 aromatic heterocycles. The molecule has 0 atom stereocenters. The summed E-state index contributed by atoms with van der Waals surface area (Å²) >= 11 is 0. The molecule has 2 heteroatoms. The van der Waals surface area contributed by atoms with E-state index in [9.17, 15) is 0 Å². The maximum Gasteiger partial charge on any atom is 0.157 e. The van der Waals surface area contributed by atoms with Gasteiger partial charge in [0.1, 0.15) is 0 Å². The molecular formula is C4H6Si2. The number of hydrogen-bond donors (Lipinski definition) is 0. The molecule has 0 fully saturated rings. The highest BCUT2D eigenvalue weighted by atomic mass is 29.1. The normalized spacial score (nSPS) is 6.67. The Labute approximate surface area is 42.7 Å². The second kappa shape index (κ2) is 4.77. The highest BCUT2D eigenvalue weighted by Crippen LogP contribution is 1.38. The lowest BCUT2D eigenvalue weighted by atomic mass is 11.0. The first-order valence-electron chi connectivity index (χ1n) is 1.75. The summed E-state index contributed by atoms with van der Waals surface area (Å²) in [5, 5.41) is 0. The first kappa shape index (κ1) is 5.77. The monoisotopic (exact) mass is 110 g/mol. The Morgan fingerprint density at radius 2 is 2.50 bits per heavy atom. The SMILES string of the molecule is C#C[SiH2][Si]#CC. The Morgan fingerprint density at radius 1 is 1.83 bits per heavy atom. The second-order valence-electron chi connectivity index (χ2n) is 0.808. The Balaban J connectivity index is 3.07. The van der Waals surface area contributed by atoms with E-state index in [-0.39, 0.29) is 9.04 Å². The van der Waals surface area contributed by atoms with Gasteiger partial charge in [0.15, 0.2) is 9.04 Å². The molecule has 6 heavy (non-hydrogen) atoms. The molecule has 0 N–H and O–H groups in total. The van der Waals surface area contributed by atoms with Gasteiger partial charge in [-0.15, -0.1) is 17.5 Å². The smallest absolute Gasteiger partial charge is 0.149 e. The van der Waals surface area contributed by atoms with Crippen LogP contribution in [0, 0.1) is 17.5 Å². The van der Waals surface area contributed by atoms with E-state index >= 15 is 0 Å². The molecule has 30 valence electrons. The van der Waals surface area contributed by atoms with Crippen molar-refractivity contribution in [2.75, 3.05) is 0 Å². The van der Waals surface area contributed by atoms with Crippen molar-refractivity contribution >= 4 is 17.5 Å². The van der Waals surface area contributed by atoms with Crippen LogP contribution >= 0.6 is 0 Å². The summed E-state index contributed by atoms with van der Waals surface area (Å²) in [5.74, 6) is 0. The lowest BCUT2D eigenvalue weighted by Gasteiger charge is -1.57. The van der Waals surface area contributed by atoms with E-state index < -0.39 is 0 Å². The van der Waals surface area contributed by atoms with Gasteiger partial charge in [0.2, 0.25) is 0 Å². The predicted octanol–water partition coefficient (Wildman–Crippen LogP) is -0.656. The number of terminal acetylenes is 1. The molecule has 0 heterocycles. The van der Waals surface area contributed by atoms with Crippen LogP contribution in [-0.4, -0.2) is 17.5 Å². The predicted molar refractivity (Wildman–Crippen MR) is 32.7 cm³/mol. The first-order valence-corrected chi connectivity index (χ1v) is 5.78. The van der Waals surface area contributed by atoms with Crippen LogP contribution in [-0.2, 0) is 0 Å². The summed E-state index contributed by atoms with van der Waals surface area (Å²) in [5.41, 5.74) is 5.67. The molecule has 0 aliphatic carbocycles. The van der Waals surface area contributed by atoms with Gasteiger partial charge in [-0.1, -0.05) is 0 Å². The zero-order valence-corrected chi connectivity index (χ0v) is 6.20. The largest absolute Gasteiger partial charge is 0.157 e. The number of rotatable bonds is 0. The summed E-state index contributed by atoms with van der Waals surface area (Å²) in [4.78, 5) is 0. The third kappa shape index (κ3) is 3.77. The molecule has 0 amide bonds. The molecule has 0 saturated carbocycles. The van der Waals surface area contributed by atoms with Gasteiger partial charge in [0, 0.05) is 0 Å².